The summed E-state index contributed by atoms with van der Waals surface area (Å²) in [7, 11) is 0. The molecule has 0 heterocycles. The van der Waals surface area contributed by atoms with Crippen LogP contribution in [0.25, 0.3) is 21.5 Å². The Morgan fingerprint density at radius 1 is 0.354 bits per heavy atom. The maximum Gasteiger partial charge on any atom is 0.0620 e. The van der Waals surface area contributed by atoms with E-state index in [4.69, 9.17) is 0 Å². The van der Waals surface area contributed by atoms with Gasteiger partial charge >= 0.3 is 0 Å². The van der Waals surface area contributed by atoms with Gasteiger partial charge in [0.2, 0.25) is 0 Å². The van der Waals surface area contributed by atoms with E-state index in [0.29, 0.717) is 11.8 Å². The fraction of sp³-hybridized carbons (Fsp3) is 0.174. The van der Waals surface area contributed by atoms with Crippen molar-refractivity contribution in [3.63, 3.8) is 0 Å². The highest BCUT2D eigenvalue weighted by molar-refractivity contribution is 6.23. The molecule has 0 aliphatic heterocycles. The molecular formula is C46H44N2. The van der Waals surface area contributed by atoms with Crippen LogP contribution in [0.4, 0.5) is 34.1 Å². The van der Waals surface area contributed by atoms with E-state index in [1.165, 1.54) is 55.2 Å². The predicted molar refractivity (Wildman–Crippen MR) is 208 cm³/mol. The molecule has 0 atom stereocenters. The molecule has 7 rings (SSSR count). The van der Waals surface area contributed by atoms with Gasteiger partial charge in [-0.2, -0.15) is 0 Å². The lowest BCUT2D eigenvalue weighted by molar-refractivity contribution is 0.868. The van der Waals surface area contributed by atoms with Gasteiger partial charge in [0.25, 0.3) is 0 Å². The summed E-state index contributed by atoms with van der Waals surface area (Å²) in [5.41, 5.74) is 12.1. The Balaban J connectivity index is 1.69. The van der Waals surface area contributed by atoms with E-state index in [9.17, 15) is 0 Å². The maximum atomic E-state index is 2.46. The molecule has 7 aromatic rings. The first kappa shape index (κ1) is 31.3. The van der Waals surface area contributed by atoms with E-state index in [-0.39, 0.29) is 0 Å². The molecule has 2 nitrogen and oxygen atoms in total. The lowest BCUT2D eigenvalue weighted by Gasteiger charge is -2.33. The van der Waals surface area contributed by atoms with Crippen LogP contribution in [0.5, 0.6) is 0 Å². The van der Waals surface area contributed by atoms with Crippen molar-refractivity contribution in [3.05, 3.63) is 168 Å². The third kappa shape index (κ3) is 5.84. The van der Waals surface area contributed by atoms with E-state index in [0.717, 1.165) is 22.7 Å². The third-order valence-electron chi connectivity index (χ3n) is 9.50. The number of para-hydroxylation sites is 2. The van der Waals surface area contributed by atoms with E-state index in [2.05, 4.69) is 197 Å². The minimum atomic E-state index is 0.386. The Labute approximate surface area is 285 Å². The second-order valence-corrected chi connectivity index (χ2v) is 13.6. The van der Waals surface area contributed by atoms with Gasteiger partial charge in [-0.3, -0.25) is 0 Å². The number of hydrogen-bond acceptors (Lipinski definition) is 2. The molecule has 0 aliphatic rings. The van der Waals surface area contributed by atoms with Gasteiger partial charge in [-0.25, -0.2) is 0 Å². The van der Waals surface area contributed by atoms with Crippen LogP contribution in [0.1, 0.15) is 61.8 Å². The Bertz CT molecular complexity index is 2020. The largest absolute Gasteiger partial charge is 0.309 e. The summed E-state index contributed by atoms with van der Waals surface area (Å²) in [4.78, 5) is 4.93. The fourth-order valence-electron chi connectivity index (χ4n) is 6.78. The minimum Gasteiger partial charge on any atom is -0.309 e. The van der Waals surface area contributed by atoms with Crippen LogP contribution < -0.4 is 9.80 Å². The summed E-state index contributed by atoms with van der Waals surface area (Å²) in [6.07, 6.45) is 0. The minimum absolute atomic E-state index is 0.386. The zero-order valence-corrected chi connectivity index (χ0v) is 28.9. The van der Waals surface area contributed by atoms with Gasteiger partial charge in [-0.05, 0) is 97.5 Å². The van der Waals surface area contributed by atoms with Gasteiger partial charge in [0, 0.05) is 44.3 Å². The number of benzene rings is 7. The zero-order valence-electron chi connectivity index (χ0n) is 28.9. The first-order valence-electron chi connectivity index (χ1n) is 17.2. The fourth-order valence-corrected chi connectivity index (χ4v) is 6.78. The topological polar surface area (TPSA) is 6.48 Å². The van der Waals surface area contributed by atoms with Gasteiger partial charge in [-0.15, -0.1) is 0 Å². The second kappa shape index (κ2) is 13.0. The molecule has 0 fully saturated rings. The number of fused-ring (bicyclic) bond motifs is 2. The van der Waals surface area contributed by atoms with Gasteiger partial charge in [0.05, 0.1) is 11.4 Å². The van der Waals surface area contributed by atoms with Crippen molar-refractivity contribution in [2.75, 3.05) is 9.80 Å². The van der Waals surface area contributed by atoms with Crippen molar-refractivity contribution in [1.82, 2.24) is 0 Å². The highest BCUT2D eigenvalue weighted by atomic mass is 15.2. The van der Waals surface area contributed by atoms with Gasteiger partial charge < -0.3 is 9.80 Å². The highest BCUT2D eigenvalue weighted by Gasteiger charge is 2.26. The molecule has 2 heteroatoms. The smallest absolute Gasteiger partial charge is 0.0620 e. The van der Waals surface area contributed by atoms with E-state index in [1.54, 1.807) is 0 Å². The average Bonchev–Trinajstić information content (AvgIpc) is 3.11. The molecule has 0 aromatic heterocycles. The number of rotatable bonds is 8. The van der Waals surface area contributed by atoms with Crippen molar-refractivity contribution in [3.8, 4) is 0 Å². The van der Waals surface area contributed by atoms with Crippen molar-refractivity contribution in [2.24, 2.45) is 0 Å². The molecule has 0 saturated carbocycles. The maximum absolute atomic E-state index is 2.46. The van der Waals surface area contributed by atoms with Crippen molar-refractivity contribution in [2.45, 2.75) is 53.4 Å². The molecule has 48 heavy (non-hydrogen) atoms. The molecule has 0 saturated heterocycles. The summed E-state index contributed by atoms with van der Waals surface area (Å²) in [5, 5.41) is 4.91. The van der Waals surface area contributed by atoms with Crippen LogP contribution in [-0.4, -0.2) is 0 Å². The van der Waals surface area contributed by atoms with Crippen molar-refractivity contribution >= 4 is 55.7 Å². The van der Waals surface area contributed by atoms with E-state index >= 15 is 0 Å². The van der Waals surface area contributed by atoms with Gasteiger partial charge in [0.15, 0.2) is 0 Å². The molecule has 7 aromatic carbocycles. The first-order chi connectivity index (χ1) is 23.3. The summed E-state index contributed by atoms with van der Waals surface area (Å²) in [5.74, 6) is 0.771. The molecule has 0 N–H and O–H groups in total. The monoisotopic (exact) mass is 624 g/mol. The Morgan fingerprint density at radius 2 is 0.688 bits per heavy atom. The summed E-state index contributed by atoms with van der Waals surface area (Å²) < 4.78 is 0. The standard InChI is InChI=1S/C46H44N2/c1-31(2)35-21-27-41-43(29-35)45(47(37-13-9-7-10-14-37)39-23-17-33(5)18-24-39)42-28-22-36(32(3)4)30-44(42)46(41)48(38-15-11-8-12-16-38)40-25-19-34(6)20-26-40/h7-32H,1-6H3. The van der Waals surface area contributed by atoms with Gasteiger partial charge in [-0.1, -0.05) is 124 Å². The Morgan fingerprint density at radius 3 is 1.02 bits per heavy atom. The Kier molecular flexibility index (Phi) is 8.50. The molecular weight excluding hydrogens is 581 g/mol. The normalized spacial score (nSPS) is 11.5. The molecule has 0 amide bonds. The van der Waals surface area contributed by atoms with Crippen LogP contribution in [0.3, 0.4) is 0 Å². The quantitative estimate of drug-likeness (QED) is 0.123. The number of nitrogens with zero attached hydrogens (tertiary/aromatic N) is 2. The van der Waals surface area contributed by atoms with Crippen molar-refractivity contribution in [1.29, 1.82) is 0 Å². The number of aryl methyl sites for hydroxylation is 2. The predicted octanol–water partition coefficient (Wildman–Crippen LogP) is 13.8. The molecule has 238 valence electrons. The molecule has 0 unspecified atom stereocenters. The van der Waals surface area contributed by atoms with E-state index < -0.39 is 0 Å². The Hall–Kier alpha value is -5.34. The lowest BCUT2D eigenvalue weighted by atomic mass is 9.90. The van der Waals surface area contributed by atoms with Crippen LogP contribution in [0.2, 0.25) is 0 Å². The first-order valence-corrected chi connectivity index (χ1v) is 17.2. The van der Waals surface area contributed by atoms with Crippen LogP contribution in [0, 0.1) is 13.8 Å². The molecule has 0 aliphatic carbocycles. The summed E-state index contributed by atoms with van der Waals surface area (Å²) in [6.45, 7) is 13.5. The second-order valence-electron chi connectivity index (χ2n) is 13.6. The molecule has 0 bridgehead atoms. The molecule has 0 radical (unpaired) electrons. The number of anilines is 6. The zero-order chi connectivity index (χ0) is 33.4. The van der Waals surface area contributed by atoms with Crippen molar-refractivity contribution < 1.29 is 0 Å². The van der Waals surface area contributed by atoms with Gasteiger partial charge in [0.1, 0.15) is 0 Å². The van der Waals surface area contributed by atoms with E-state index in [1.807, 2.05) is 0 Å². The number of hydrogen-bond donors (Lipinski definition) is 0. The average molecular weight is 625 g/mol. The highest BCUT2D eigenvalue weighted by Crippen LogP contribution is 2.51. The SMILES string of the molecule is Cc1ccc(N(c2ccccc2)c2c3ccc(C(C)C)cc3c(N(c3ccccc3)c3ccc(C)cc3)c3ccc(C(C)C)cc23)cc1. The van der Waals surface area contributed by atoms with Crippen LogP contribution in [0.15, 0.2) is 146 Å². The van der Waals surface area contributed by atoms with Crippen LogP contribution in [-0.2, 0) is 0 Å². The van der Waals surface area contributed by atoms with Crippen LogP contribution >= 0.6 is 0 Å². The summed E-state index contributed by atoms with van der Waals surface area (Å²) in [6, 6.07) is 53.8. The third-order valence-corrected chi connectivity index (χ3v) is 9.50. The lowest BCUT2D eigenvalue weighted by Crippen LogP contribution is -2.15. The molecule has 0 spiro atoms. The summed E-state index contributed by atoms with van der Waals surface area (Å²) >= 11 is 0.